The van der Waals surface area contributed by atoms with Crippen LogP contribution in [-0.2, 0) is 0 Å². The van der Waals surface area contributed by atoms with Crippen LogP contribution < -0.4 is 10.1 Å². The molecule has 4 rings (SSSR count). The molecular formula is C23H20FN3O3. The summed E-state index contributed by atoms with van der Waals surface area (Å²) in [6.45, 7) is 5.58. The van der Waals surface area contributed by atoms with Gasteiger partial charge in [-0.3, -0.25) is 4.79 Å². The van der Waals surface area contributed by atoms with Crippen LogP contribution in [0.3, 0.4) is 0 Å². The van der Waals surface area contributed by atoms with E-state index in [4.69, 9.17) is 9.26 Å². The van der Waals surface area contributed by atoms with E-state index in [1.54, 1.807) is 32.2 Å². The molecule has 0 spiro atoms. The Morgan fingerprint density at radius 1 is 1.10 bits per heavy atom. The average molecular weight is 405 g/mol. The molecule has 152 valence electrons. The van der Waals surface area contributed by atoms with Gasteiger partial charge in [-0.1, -0.05) is 11.2 Å². The molecule has 0 radical (unpaired) electrons. The molecule has 1 amide bonds. The largest absolute Gasteiger partial charge is 0.496 e. The number of pyridine rings is 1. The molecule has 2 aromatic heterocycles. The summed E-state index contributed by atoms with van der Waals surface area (Å²) in [6.07, 6.45) is 0. The van der Waals surface area contributed by atoms with E-state index in [1.165, 1.54) is 12.1 Å². The second-order valence-electron chi connectivity index (χ2n) is 7.05. The fraction of sp³-hybridized carbons (Fsp3) is 0.174. The van der Waals surface area contributed by atoms with Gasteiger partial charge in [0, 0.05) is 16.8 Å². The lowest BCUT2D eigenvalue weighted by Crippen LogP contribution is -2.14. The van der Waals surface area contributed by atoms with Crippen molar-refractivity contribution in [2.45, 2.75) is 20.8 Å². The Labute approximate surface area is 172 Å². The number of hydrogen-bond donors (Lipinski definition) is 1. The Kier molecular flexibility index (Phi) is 4.95. The van der Waals surface area contributed by atoms with Gasteiger partial charge >= 0.3 is 0 Å². The van der Waals surface area contributed by atoms with E-state index in [2.05, 4.69) is 15.5 Å². The number of aryl methyl sites for hydroxylation is 2. The number of rotatable bonds is 4. The average Bonchev–Trinajstić information content (AvgIpc) is 3.11. The van der Waals surface area contributed by atoms with Crippen molar-refractivity contribution in [2.24, 2.45) is 0 Å². The quantitative estimate of drug-likeness (QED) is 0.504. The summed E-state index contributed by atoms with van der Waals surface area (Å²) in [5, 5.41) is 7.44. The first-order valence-corrected chi connectivity index (χ1v) is 9.37. The van der Waals surface area contributed by atoms with E-state index >= 15 is 0 Å². The van der Waals surface area contributed by atoms with Crippen LogP contribution in [0.4, 0.5) is 10.1 Å². The number of nitrogens with one attached hydrogen (secondary N) is 1. The maximum absolute atomic E-state index is 13.3. The summed E-state index contributed by atoms with van der Waals surface area (Å²) in [5.41, 5.74) is 4.78. The van der Waals surface area contributed by atoms with E-state index < -0.39 is 0 Å². The van der Waals surface area contributed by atoms with Crippen LogP contribution in [0.2, 0.25) is 0 Å². The van der Waals surface area contributed by atoms with Crippen LogP contribution in [0.15, 0.2) is 47.0 Å². The van der Waals surface area contributed by atoms with Crippen molar-refractivity contribution in [1.82, 2.24) is 10.1 Å². The van der Waals surface area contributed by atoms with Crippen molar-refractivity contribution in [3.8, 4) is 17.0 Å². The number of aromatic nitrogens is 2. The van der Waals surface area contributed by atoms with Gasteiger partial charge in [0.1, 0.15) is 11.6 Å². The molecule has 2 aromatic carbocycles. The van der Waals surface area contributed by atoms with Crippen LogP contribution in [0.1, 0.15) is 27.2 Å². The summed E-state index contributed by atoms with van der Waals surface area (Å²) in [7, 11) is 1.60. The van der Waals surface area contributed by atoms with Crippen molar-refractivity contribution in [3.05, 3.63) is 70.7 Å². The fourth-order valence-corrected chi connectivity index (χ4v) is 3.51. The lowest BCUT2D eigenvalue weighted by atomic mass is 10.0. The van der Waals surface area contributed by atoms with Crippen LogP contribution in [0.5, 0.6) is 5.75 Å². The molecule has 0 aliphatic rings. The van der Waals surface area contributed by atoms with E-state index in [1.807, 2.05) is 26.0 Å². The fourth-order valence-electron chi connectivity index (χ4n) is 3.51. The molecule has 0 aliphatic heterocycles. The number of amides is 1. The lowest BCUT2D eigenvalue weighted by molar-refractivity contribution is 0.102. The van der Waals surface area contributed by atoms with Crippen LogP contribution in [0, 0.1) is 26.6 Å². The molecule has 1 N–H and O–H groups in total. The van der Waals surface area contributed by atoms with Gasteiger partial charge in [-0.25, -0.2) is 9.37 Å². The number of carbonyl (C=O) groups is 1. The summed E-state index contributed by atoms with van der Waals surface area (Å²) >= 11 is 0. The first kappa shape index (κ1) is 19.6. The van der Waals surface area contributed by atoms with E-state index in [0.717, 1.165) is 16.9 Å². The topological polar surface area (TPSA) is 77.2 Å². The smallest absolute Gasteiger partial charge is 0.259 e. The van der Waals surface area contributed by atoms with Crippen molar-refractivity contribution in [1.29, 1.82) is 0 Å². The monoisotopic (exact) mass is 405 g/mol. The summed E-state index contributed by atoms with van der Waals surface area (Å²) in [6, 6.07) is 11.3. The number of nitrogens with zero attached hydrogens (tertiary/aromatic N) is 2. The molecule has 0 bridgehead atoms. The van der Waals surface area contributed by atoms with Crippen LogP contribution >= 0.6 is 0 Å². The third kappa shape index (κ3) is 3.39. The van der Waals surface area contributed by atoms with Gasteiger partial charge in [0.05, 0.1) is 29.4 Å². The van der Waals surface area contributed by atoms with Gasteiger partial charge in [-0.2, -0.15) is 0 Å². The Morgan fingerprint density at radius 3 is 2.53 bits per heavy atom. The summed E-state index contributed by atoms with van der Waals surface area (Å²) in [5.74, 6) is 0.0454. The molecule has 0 aliphatic carbocycles. The molecule has 4 aromatic rings. The highest BCUT2D eigenvalue weighted by atomic mass is 19.1. The predicted octanol–water partition coefficient (Wildman–Crippen LogP) is 5.22. The highest BCUT2D eigenvalue weighted by Gasteiger charge is 2.20. The molecule has 0 fully saturated rings. The summed E-state index contributed by atoms with van der Waals surface area (Å²) < 4.78 is 24.1. The molecule has 0 unspecified atom stereocenters. The van der Waals surface area contributed by atoms with E-state index in [-0.39, 0.29) is 17.4 Å². The maximum atomic E-state index is 13.3. The minimum absolute atomic E-state index is 0.248. The number of anilines is 1. The zero-order valence-electron chi connectivity index (χ0n) is 17.0. The van der Waals surface area contributed by atoms with Crippen molar-refractivity contribution in [2.75, 3.05) is 12.4 Å². The predicted molar refractivity (Wildman–Crippen MR) is 112 cm³/mol. The lowest BCUT2D eigenvalue weighted by Gasteiger charge is -2.14. The number of methoxy groups -OCH3 is 1. The standard InChI is InChI=1S/C23H20FN3O3/c1-12-5-10-18(13(2)21(12)29-4)25-22(28)17-11-19(15-6-8-16(24)9-7-15)26-23-20(17)14(3)27-30-23/h5-11H,1-4H3,(H,25,28). The molecule has 6 nitrogen and oxygen atoms in total. The zero-order valence-corrected chi connectivity index (χ0v) is 17.0. The van der Waals surface area contributed by atoms with E-state index in [9.17, 15) is 9.18 Å². The Hall–Kier alpha value is -3.74. The van der Waals surface area contributed by atoms with Gasteiger partial charge in [0.2, 0.25) is 0 Å². The van der Waals surface area contributed by atoms with Crippen molar-refractivity contribution < 1.29 is 18.4 Å². The van der Waals surface area contributed by atoms with Gasteiger partial charge in [-0.15, -0.1) is 0 Å². The number of fused-ring (bicyclic) bond motifs is 1. The molecule has 2 heterocycles. The summed E-state index contributed by atoms with van der Waals surface area (Å²) in [4.78, 5) is 17.7. The molecular weight excluding hydrogens is 385 g/mol. The van der Waals surface area contributed by atoms with Crippen LogP contribution in [-0.4, -0.2) is 23.2 Å². The zero-order chi connectivity index (χ0) is 21.4. The van der Waals surface area contributed by atoms with E-state index in [0.29, 0.717) is 33.6 Å². The van der Waals surface area contributed by atoms with Gasteiger partial charge in [0.15, 0.2) is 0 Å². The first-order chi connectivity index (χ1) is 14.4. The van der Waals surface area contributed by atoms with Crippen molar-refractivity contribution >= 4 is 22.7 Å². The number of hydrogen-bond acceptors (Lipinski definition) is 5. The second-order valence-corrected chi connectivity index (χ2v) is 7.05. The number of ether oxygens (including phenoxy) is 1. The van der Waals surface area contributed by atoms with Gasteiger partial charge < -0.3 is 14.6 Å². The van der Waals surface area contributed by atoms with Crippen LogP contribution in [0.25, 0.3) is 22.4 Å². The maximum Gasteiger partial charge on any atom is 0.259 e. The molecule has 0 saturated carbocycles. The Bertz CT molecular complexity index is 1260. The molecule has 0 atom stereocenters. The third-order valence-corrected chi connectivity index (χ3v) is 5.06. The normalized spacial score (nSPS) is 11.0. The highest BCUT2D eigenvalue weighted by molar-refractivity contribution is 6.13. The SMILES string of the molecule is COc1c(C)ccc(NC(=O)c2cc(-c3ccc(F)cc3)nc3onc(C)c23)c1C. The minimum atomic E-state index is -0.350. The number of carbonyl (C=O) groups excluding carboxylic acids is 1. The number of halogens is 1. The highest BCUT2D eigenvalue weighted by Crippen LogP contribution is 2.31. The molecule has 7 heteroatoms. The number of benzene rings is 2. The Morgan fingerprint density at radius 2 is 1.83 bits per heavy atom. The minimum Gasteiger partial charge on any atom is -0.496 e. The second kappa shape index (κ2) is 7.59. The Balaban J connectivity index is 1.80. The first-order valence-electron chi connectivity index (χ1n) is 9.37. The van der Waals surface area contributed by atoms with Crippen molar-refractivity contribution in [3.63, 3.8) is 0 Å². The molecule has 30 heavy (non-hydrogen) atoms. The van der Waals surface area contributed by atoms with Gasteiger partial charge in [-0.05, 0) is 62.7 Å². The van der Waals surface area contributed by atoms with Gasteiger partial charge in [0.25, 0.3) is 11.6 Å². The molecule has 0 saturated heterocycles. The third-order valence-electron chi connectivity index (χ3n) is 5.06.